The largest absolute Gasteiger partial charge is 0.507 e. The molecular weight excluding hydrogens is 390 g/mol. The number of H-pyrrole nitrogens is 1. The molecule has 5 rings (SSSR count). The Morgan fingerprint density at radius 2 is 1.79 bits per heavy atom. The van der Waals surface area contributed by atoms with Crippen LogP contribution in [0.1, 0.15) is 34.1 Å². The van der Waals surface area contributed by atoms with Crippen LogP contribution in [0.4, 0.5) is 0 Å². The van der Waals surface area contributed by atoms with Crippen molar-refractivity contribution in [3.63, 3.8) is 0 Å². The number of fused-ring (bicyclic) bond motifs is 1. The molecule has 1 saturated heterocycles. The lowest BCUT2D eigenvalue weighted by Gasteiger charge is -2.31. The maximum atomic E-state index is 13.3. The van der Waals surface area contributed by atoms with Crippen molar-refractivity contribution in [1.29, 1.82) is 0 Å². The molecule has 2 aliphatic rings. The Bertz CT molecular complexity index is 1200. The van der Waals surface area contributed by atoms with Crippen molar-refractivity contribution < 1.29 is 18.3 Å². The van der Waals surface area contributed by atoms with E-state index in [0.29, 0.717) is 28.9 Å². The maximum absolute atomic E-state index is 13.3. The number of nitrogens with one attached hydrogen (secondary N) is 1. The van der Waals surface area contributed by atoms with Crippen molar-refractivity contribution in [2.24, 2.45) is 0 Å². The van der Waals surface area contributed by atoms with Crippen molar-refractivity contribution in [2.45, 2.75) is 18.5 Å². The summed E-state index contributed by atoms with van der Waals surface area (Å²) in [6.45, 7) is 0. The Morgan fingerprint density at radius 3 is 2.48 bits per heavy atom. The van der Waals surface area contributed by atoms with E-state index in [1.54, 1.807) is 29.2 Å². The van der Waals surface area contributed by atoms with E-state index >= 15 is 0 Å². The second kappa shape index (κ2) is 6.45. The van der Waals surface area contributed by atoms with Gasteiger partial charge in [-0.25, -0.2) is 8.42 Å². The van der Waals surface area contributed by atoms with Crippen LogP contribution in [0.5, 0.6) is 5.75 Å². The monoisotopic (exact) mass is 409 g/mol. The van der Waals surface area contributed by atoms with Crippen LogP contribution in [0.2, 0.25) is 0 Å². The van der Waals surface area contributed by atoms with E-state index in [1.807, 2.05) is 30.3 Å². The van der Waals surface area contributed by atoms with Crippen molar-refractivity contribution in [2.75, 3.05) is 11.5 Å². The topological polar surface area (TPSA) is 103 Å². The number of rotatable bonds is 3. The van der Waals surface area contributed by atoms with E-state index in [9.17, 15) is 18.3 Å². The van der Waals surface area contributed by atoms with Gasteiger partial charge in [0.25, 0.3) is 5.91 Å². The number of phenolic OH excluding ortho intramolecular Hbond substituents is 1. The summed E-state index contributed by atoms with van der Waals surface area (Å²) in [6, 6.07) is 15.5. The first-order valence-corrected chi connectivity index (χ1v) is 11.2. The normalized spacial score (nSPS) is 22.8. The average Bonchev–Trinajstić information content (AvgIpc) is 3.36. The minimum atomic E-state index is -3.16. The maximum Gasteiger partial charge on any atom is 0.273 e. The second-order valence-corrected chi connectivity index (χ2v) is 9.69. The van der Waals surface area contributed by atoms with Gasteiger partial charge in [0.15, 0.2) is 9.84 Å². The highest BCUT2D eigenvalue weighted by atomic mass is 32.2. The Labute approximate surface area is 167 Å². The standard InChI is InChI=1S/C21H19N3O4S/c25-16-9-5-4-8-15(16)18-17-19(23-22-18)21(26)24(14-10-11-29(27,28)12-14)20(17)13-6-2-1-3-7-13/h1-9,14,20,25H,10-12H2,(H,22,23)/t14-,20-/m1/s1. The highest BCUT2D eigenvalue weighted by molar-refractivity contribution is 7.91. The Hall–Kier alpha value is -3.13. The van der Waals surface area contributed by atoms with Crippen molar-refractivity contribution in [1.82, 2.24) is 15.1 Å². The van der Waals surface area contributed by atoms with E-state index in [4.69, 9.17) is 0 Å². The zero-order valence-corrected chi connectivity index (χ0v) is 16.3. The van der Waals surface area contributed by atoms with Gasteiger partial charge in [0, 0.05) is 17.2 Å². The molecule has 0 radical (unpaired) electrons. The summed E-state index contributed by atoms with van der Waals surface area (Å²) in [6.07, 6.45) is 0.418. The number of nitrogens with zero attached hydrogens (tertiary/aromatic N) is 2. The predicted molar refractivity (Wildman–Crippen MR) is 107 cm³/mol. The molecule has 3 aromatic rings. The van der Waals surface area contributed by atoms with E-state index in [2.05, 4.69) is 10.2 Å². The van der Waals surface area contributed by atoms with Gasteiger partial charge in [-0.1, -0.05) is 42.5 Å². The fourth-order valence-electron chi connectivity index (χ4n) is 4.38. The van der Waals surface area contributed by atoms with Crippen LogP contribution in [-0.2, 0) is 9.84 Å². The minimum absolute atomic E-state index is 0.0360. The van der Waals surface area contributed by atoms with Gasteiger partial charge in [0.1, 0.15) is 17.1 Å². The molecule has 2 aliphatic heterocycles. The van der Waals surface area contributed by atoms with Crippen molar-refractivity contribution in [3.05, 3.63) is 71.4 Å². The third-order valence-corrected chi connectivity index (χ3v) is 7.43. The zero-order valence-electron chi connectivity index (χ0n) is 15.4. The quantitative estimate of drug-likeness (QED) is 0.692. The summed E-state index contributed by atoms with van der Waals surface area (Å²) in [5, 5.41) is 17.5. The molecule has 0 aliphatic carbocycles. The molecule has 0 bridgehead atoms. The zero-order chi connectivity index (χ0) is 20.2. The number of aromatic nitrogens is 2. The second-order valence-electron chi connectivity index (χ2n) is 7.46. The summed E-state index contributed by atoms with van der Waals surface area (Å²) in [4.78, 5) is 15.0. The molecule has 0 spiro atoms. The molecule has 8 heteroatoms. The van der Waals surface area contributed by atoms with Gasteiger partial charge in [0.2, 0.25) is 0 Å². The smallest absolute Gasteiger partial charge is 0.273 e. The van der Waals surface area contributed by atoms with E-state index in [0.717, 1.165) is 5.56 Å². The first-order chi connectivity index (χ1) is 14.0. The van der Waals surface area contributed by atoms with Crippen LogP contribution in [0.15, 0.2) is 54.6 Å². The molecule has 29 heavy (non-hydrogen) atoms. The number of benzene rings is 2. The lowest BCUT2D eigenvalue weighted by molar-refractivity contribution is 0.0678. The SMILES string of the molecule is O=C1c2[nH]nc(-c3ccccc3O)c2[C@@H](c2ccccc2)N1[C@@H]1CCS(=O)(=O)C1. The summed E-state index contributed by atoms with van der Waals surface area (Å²) < 4.78 is 24.2. The molecule has 1 aromatic heterocycles. The Kier molecular flexibility index (Phi) is 3.99. The molecule has 1 amide bonds. The summed E-state index contributed by atoms with van der Waals surface area (Å²) >= 11 is 0. The van der Waals surface area contributed by atoms with E-state index in [-0.39, 0.29) is 23.2 Å². The number of carbonyl (C=O) groups is 1. The third kappa shape index (κ3) is 2.82. The lowest BCUT2D eigenvalue weighted by atomic mass is 9.95. The summed E-state index contributed by atoms with van der Waals surface area (Å²) in [7, 11) is -3.16. The van der Waals surface area contributed by atoms with Crippen LogP contribution in [0.25, 0.3) is 11.3 Å². The minimum Gasteiger partial charge on any atom is -0.507 e. The van der Waals surface area contributed by atoms with E-state index in [1.165, 1.54) is 0 Å². The first kappa shape index (κ1) is 17.9. The molecule has 2 atom stereocenters. The van der Waals surface area contributed by atoms with Gasteiger partial charge in [-0.15, -0.1) is 0 Å². The molecule has 2 N–H and O–H groups in total. The Morgan fingerprint density at radius 1 is 1.07 bits per heavy atom. The number of para-hydroxylation sites is 1. The fourth-order valence-corrected chi connectivity index (χ4v) is 6.09. The van der Waals surface area contributed by atoms with Crippen LogP contribution in [0, 0.1) is 0 Å². The number of hydrogen-bond donors (Lipinski definition) is 2. The molecule has 3 heterocycles. The van der Waals surface area contributed by atoms with Crippen LogP contribution < -0.4 is 0 Å². The Balaban J connectivity index is 1.69. The highest BCUT2D eigenvalue weighted by Crippen LogP contribution is 2.46. The van der Waals surface area contributed by atoms with Crippen molar-refractivity contribution >= 4 is 15.7 Å². The third-order valence-electron chi connectivity index (χ3n) is 5.68. The van der Waals surface area contributed by atoms with Gasteiger partial charge < -0.3 is 10.0 Å². The molecule has 1 fully saturated rings. The first-order valence-electron chi connectivity index (χ1n) is 9.41. The number of carbonyl (C=O) groups excluding carboxylic acids is 1. The van der Waals surface area contributed by atoms with E-state index < -0.39 is 21.9 Å². The fraction of sp³-hybridized carbons (Fsp3) is 0.238. The van der Waals surface area contributed by atoms with Crippen LogP contribution in [0.3, 0.4) is 0 Å². The molecule has 7 nitrogen and oxygen atoms in total. The van der Waals surface area contributed by atoms with Gasteiger partial charge >= 0.3 is 0 Å². The number of aromatic hydroxyl groups is 1. The van der Waals surface area contributed by atoms with Gasteiger partial charge in [-0.05, 0) is 24.1 Å². The number of amides is 1. The highest BCUT2D eigenvalue weighted by Gasteiger charge is 2.48. The van der Waals surface area contributed by atoms with Crippen LogP contribution in [-0.4, -0.2) is 52.1 Å². The van der Waals surface area contributed by atoms with Gasteiger partial charge in [0.05, 0.1) is 17.5 Å². The van der Waals surface area contributed by atoms with Gasteiger partial charge in [-0.3, -0.25) is 9.89 Å². The molecule has 2 aromatic carbocycles. The molecule has 0 saturated carbocycles. The van der Waals surface area contributed by atoms with Crippen LogP contribution >= 0.6 is 0 Å². The van der Waals surface area contributed by atoms with Gasteiger partial charge in [-0.2, -0.15) is 5.10 Å². The number of sulfone groups is 1. The van der Waals surface area contributed by atoms with Crippen molar-refractivity contribution in [3.8, 4) is 17.0 Å². The molecule has 148 valence electrons. The summed E-state index contributed by atoms with van der Waals surface area (Å²) in [5.74, 6) is -0.138. The summed E-state index contributed by atoms with van der Waals surface area (Å²) in [5.41, 5.74) is 2.93. The molecular formula is C21H19N3O4S. The number of phenols is 1. The average molecular weight is 409 g/mol. The predicted octanol–water partition coefficient (Wildman–Crippen LogP) is 2.51. The lowest BCUT2D eigenvalue weighted by Crippen LogP contribution is -2.40. The number of hydrogen-bond acceptors (Lipinski definition) is 5. The molecule has 0 unspecified atom stereocenters. The number of aromatic amines is 1.